The molecule has 0 aliphatic heterocycles. The average molecular weight is 832 g/mol. The Morgan fingerprint density at radius 3 is 1.14 bits per heavy atom. The summed E-state index contributed by atoms with van der Waals surface area (Å²) in [5, 5.41) is 12.7. The van der Waals surface area contributed by atoms with Crippen LogP contribution < -0.4 is 5.32 Å². The minimum absolute atomic E-state index is 0.0888. The predicted molar refractivity (Wildman–Crippen MR) is 238 cm³/mol. The molecule has 340 valence electrons. The number of carbonyl (C=O) groups is 2. The van der Waals surface area contributed by atoms with E-state index in [4.69, 9.17) is 13.8 Å². The highest BCUT2D eigenvalue weighted by molar-refractivity contribution is 7.47. The third-order valence-corrected chi connectivity index (χ3v) is 12.0. The molecule has 0 fully saturated rings. The zero-order valence-electron chi connectivity index (χ0n) is 37.6. The van der Waals surface area contributed by atoms with Crippen LogP contribution in [0.15, 0.2) is 0 Å². The Morgan fingerprint density at radius 2 is 0.789 bits per heavy atom. The summed E-state index contributed by atoms with van der Waals surface area (Å²) < 4.78 is 26.9. The lowest BCUT2D eigenvalue weighted by atomic mass is 10.0. The van der Waals surface area contributed by atoms with Gasteiger partial charge < -0.3 is 20.1 Å². The number of unbranched alkanes of at least 4 members (excludes halogenated alkanes) is 34. The molecule has 0 aliphatic rings. The number of carbonyl (C=O) groups excluding carboxylic acids is 2. The fourth-order valence-electron chi connectivity index (χ4n) is 7.32. The number of amides is 1. The van der Waals surface area contributed by atoms with E-state index in [2.05, 4.69) is 19.2 Å². The van der Waals surface area contributed by atoms with Crippen molar-refractivity contribution in [3.8, 4) is 0 Å². The molecule has 0 heterocycles. The Bertz CT molecular complexity index is 907. The van der Waals surface area contributed by atoms with Crippen LogP contribution in [0.1, 0.15) is 258 Å². The molecule has 0 aromatic rings. The van der Waals surface area contributed by atoms with Crippen molar-refractivity contribution in [3.63, 3.8) is 0 Å². The van der Waals surface area contributed by atoms with Crippen LogP contribution in [0.5, 0.6) is 0 Å². The van der Waals surface area contributed by atoms with Gasteiger partial charge in [-0.25, -0.2) is 4.57 Å². The zero-order valence-corrected chi connectivity index (χ0v) is 38.5. The van der Waals surface area contributed by atoms with E-state index in [9.17, 15) is 24.2 Å². The normalized spacial score (nSPS) is 13.1. The number of nitrogens with one attached hydrogen (secondary N) is 1. The molecular weight excluding hydrogens is 737 g/mol. The van der Waals surface area contributed by atoms with Crippen molar-refractivity contribution >= 4 is 19.7 Å². The number of rotatable bonds is 47. The monoisotopic (exact) mass is 832 g/mol. The first-order valence-electron chi connectivity index (χ1n) is 24.5. The lowest BCUT2D eigenvalue weighted by Crippen LogP contribution is -2.27. The van der Waals surface area contributed by atoms with E-state index in [0.29, 0.717) is 12.8 Å². The van der Waals surface area contributed by atoms with Crippen molar-refractivity contribution in [1.29, 1.82) is 0 Å². The lowest BCUT2D eigenvalue weighted by molar-refractivity contribution is -0.147. The molecule has 2 unspecified atom stereocenters. The smallest absolute Gasteiger partial charge is 0.463 e. The molecule has 0 rings (SSSR count). The molecule has 57 heavy (non-hydrogen) atoms. The van der Waals surface area contributed by atoms with Gasteiger partial charge in [0.05, 0.1) is 13.2 Å². The maximum absolute atomic E-state index is 12.1. The van der Waals surface area contributed by atoms with Crippen molar-refractivity contribution < 1.29 is 37.9 Å². The van der Waals surface area contributed by atoms with Crippen molar-refractivity contribution in [2.24, 2.45) is 0 Å². The maximum Gasteiger partial charge on any atom is 0.472 e. The molecule has 0 saturated heterocycles. The number of phosphoric ester groups is 1. The van der Waals surface area contributed by atoms with Gasteiger partial charge in [0.25, 0.3) is 0 Å². The average Bonchev–Trinajstić information content (AvgIpc) is 3.20. The van der Waals surface area contributed by atoms with Gasteiger partial charge in [0, 0.05) is 19.4 Å². The van der Waals surface area contributed by atoms with Crippen molar-refractivity contribution in [2.45, 2.75) is 264 Å². The molecule has 3 N–H and O–H groups in total. The standard InChI is InChI=1S/C47H94NO8P/c1-3-5-7-9-11-13-15-17-19-20-21-22-23-24-26-27-29-31-33-35-37-39-46(50)48-41-42-55-57(52,53)56-44-45(49)43-54-47(51)40-38-36-34-32-30-28-25-18-16-14-12-10-8-6-4-2/h45,49H,3-44H2,1-2H3,(H,48,50)(H,52,53). The first-order valence-corrected chi connectivity index (χ1v) is 26.0. The van der Waals surface area contributed by atoms with Gasteiger partial charge in [-0.2, -0.15) is 0 Å². The Balaban J connectivity index is 3.50. The number of ether oxygens (including phenoxy) is 1. The molecule has 0 saturated carbocycles. The van der Waals surface area contributed by atoms with Gasteiger partial charge >= 0.3 is 13.8 Å². The summed E-state index contributed by atoms with van der Waals surface area (Å²) in [6.45, 7) is 3.61. The largest absolute Gasteiger partial charge is 0.472 e. The predicted octanol–water partition coefficient (Wildman–Crippen LogP) is 14.0. The Labute approximate surface area is 352 Å². The molecule has 9 nitrogen and oxygen atoms in total. The van der Waals surface area contributed by atoms with Crippen LogP contribution in [-0.4, -0.2) is 54.3 Å². The number of hydrogen-bond donors (Lipinski definition) is 3. The van der Waals surface area contributed by atoms with Crippen LogP contribution in [0.4, 0.5) is 0 Å². The summed E-state index contributed by atoms with van der Waals surface area (Å²) in [5.41, 5.74) is 0. The van der Waals surface area contributed by atoms with E-state index >= 15 is 0 Å². The van der Waals surface area contributed by atoms with Crippen molar-refractivity contribution in [1.82, 2.24) is 5.32 Å². The molecule has 0 bridgehead atoms. The second-order valence-corrected chi connectivity index (χ2v) is 18.3. The summed E-state index contributed by atoms with van der Waals surface area (Å²) in [6, 6.07) is 0. The molecule has 0 aliphatic carbocycles. The molecule has 1 amide bonds. The van der Waals surface area contributed by atoms with Gasteiger partial charge in [-0.05, 0) is 12.8 Å². The number of aliphatic hydroxyl groups is 1. The number of hydrogen-bond acceptors (Lipinski definition) is 7. The van der Waals surface area contributed by atoms with E-state index in [1.54, 1.807) is 0 Å². The quantitative estimate of drug-likeness (QED) is 0.0314. The summed E-state index contributed by atoms with van der Waals surface area (Å²) in [6.07, 6.45) is 46.1. The first-order chi connectivity index (χ1) is 27.8. The van der Waals surface area contributed by atoms with Gasteiger partial charge in [0.1, 0.15) is 12.7 Å². The number of aliphatic hydroxyl groups excluding tert-OH is 1. The Morgan fingerprint density at radius 1 is 0.474 bits per heavy atom. The first kappa shape index (κ1) is 56.0. The van der Waals surface area contributed by atoms with Gasteiger partial charge in [-0.3, -0.25) is 18.6 Å². The van der Waals surface area contributed by atoms with Crippen LogP contribution in [0.2, 0.25) is 0 Å². The highest BCUT2D eigenvalue weighted by Crippen LogP contribution is 2.42. The van der Waals surface area contributed by atoms with Crippen LogP contribution in [0, 0.1) is 0 Å². The van der Waals surface area contributed by atoms with Gasteiger partial charge in [-0.1, -0.05) is 232 Å². The highest BCUT2D eigenvalue weighted by Gasteiger charge is 2.23. The minimum Gasteiger partial charge on any atom is -0.463 e. The van der Waals surface area contributed by atoms with Crippen molar-refractivity contribution in [2.75, 3.05) is 26.4 Å². The number of phosphoric acid groups is 1. The topological polar surface area (TPSA) is 131 Å². The van der Waals surface area contributed by atoms with Crippen LogP contribution >= 0.6 is 7.82 Å². The van der Waals surface area contributed by atoms with Crippen LogP contribution in [-0.2, 0) is 27.9 Å². The van der Waals surface area contributed by atoms with Gasteiger partial charge in [0.2, 0.25) is 5.91 Å². The third-order valence-electron chi connectivity index (χ3n) is 11.0. The van der Waals surface area contributed by atoms with Gasteiger partial charge in [0.15, 0.2) is 0 Å². The summed E-state index contributed by atoms with van der Waals surface area (Å²) in [7, 11) is -4.41. The Kier molecular flexibility index (Phi) is 43.8. The molecule has 0 aromatic heterocycles. The Hall–Kier alpha value is -0.990. The molecule has 0 radical (unpaired) electrons. The maximum atomic E-state index is 12.1. The van der Waals surface area contributed by atoms with E-state index in [1.165, 1.54) is 193 Å². The second kappa shape index (κ2) is 44.6. The van der Waals surface area contributed by atoms with E-state index < -0.39 is 26.5 Å². The lowest BCUT2D eigenvalue weighted by Gasteiger charge is -2.15. The van der Waals surface area contributed by atoms with Gasteiger partial charge in [-0.15, -0.1) is 0 Å². The molecule has 2 atom stereocenters. The fraction of sp³-hybridized carbons (Fsp3) is 0.957. The summed E-state index contributed by atoms with van der Waals surface area (Å²) in [4.78, 5) is 34.0. The van der Waals surface area contributed by atoms with Crippen LogP contribution in [0.25, 0.3) is 0 Å². The number of esters is 1. The van der Waals surface area contributed by atoms with E-state index in [0.717, 1.165) is 38.5 Å². The minimum atomic E-state index is -4.41. The second-order valence-electron chi connectivity index (χ2n) is 16.8. The molecular formula is C47H94NO8P. The van der Waals surface area contributed by atoms with Crippen LogP contribution in [0.3, 0.4) is 0 Å². The SMILES string of the molecule is CCCCCCCCCCCCCCCCCCCCCCCC(=O)NCCOP(=O)(O)OCC(O)COC(=O)CCCCCCCCCCCCCCCCC. The zero-order chi connectivity index (χ0) is 41.8. The van der Waals surface area contributed by atoms with E-state index in [1.807, 2.05) is 0 Å². The van der Waals surface area contributed by atoms with Crippen molar-refractivity contribution in [3.05, 3.63) is 0 Å². The summed E-state index contributed by atoms with van der Waals surface area (Å²) >= 11 is 0. The fourth-order valence-corrected chi connectivity index (χ4v) is 8.08. The highest BCUT2D eigenvalue weighted by atomic mass is 31.2. The molecule has 0 aromatic carbocycles. The molecule has 0 spiro atoms. The third kappa shape index (κ3) is 45.9. The molecule has 10 heteroatoms. The van der Waals surface area contributed by atoms with E-state index in [-0.39, 0.29) is 25.7 Å². The summed E-state index contributed by atoms with van der Waals surface area (Å²) in [5.74, 6) is -0.500.